The highest BCUT2D eigenvalue weighted by Crippen LogP contribution is 2.25. The SMILES string of the molecule is O=C(CSc1nc(NCc2ccc(Cl)cc2)c2ccccc2n1)c1ccc(Cl)cc1. The smallest absolute Gasteiger partial charge is 0.190 e. The van der Waals surface area contributed by atoms with Crippen molar-refractivity contribution in [3.8, 4) is 0 Å². The number of nitrogens with one attached hydrogen (secondary N) is 1. The molecule has 0 radical (unpaired) electrons. The van der Waals surface area contributed by atoms with Crippen LogP contribution in [0.25, 0.3) is 10.9 Å². The largest absolute Gasteiger partial charge is 0.365 e. The van der Waals surface area contributed by atoms with Gasteiger partial charge in [0.25, 0.3) is 0 Å². The highest BCUT2D eigenvalue weighted by atomic mass is 35.5. The Hall–Kier alpha value is -2.60. The molecule has 150 valence electrons. The number of ketones is 1. The summed E-state index contributed by atoms with van der Waals surface area (Å²) in [7, 11) is 0. The van der Waals surface area contributed by atoms with Gasteiger partial charge < -0.3 is 5.32 Å². The zero-order valence-corrected chi connectivity index (χ0v) is 18.1. The first kappa shape index (κ1) is 20.7. The lowest BCUT2D eigenvalue weighted by molar-refractivity contribution is 0.102. The first-order valence-electron chi connectivity index (χ1n) is 9.25. The number of aromatic nitrogens is 2. The second-order valence-corrected chi connectivity index (χ2v) is 8.39. The van der Waals surface area contributed by atoms with Crippen LogP contribution in [0.1, 0.15) is 15.9 Å². The molecule has 0 fully saturated rings. The lowest BCUT2D eigenvalue weighted by atomic mass is 10.1. The van der Waals surface area contributed by atoms with E-state index in [9.17, 15) is 4.79 Å². The Balaban J connectivity index is 1.52. The lowest BCUT2D eigenvalue weighted by Gasteiger charge is -2.11. The Morgan fingerprint density at radius 3 is 2.27 bits per heavy atom. The van der Waals surface area contributed by atoms with Gasteiger partial charge in [-0.25, -0.2) is 9.97 Å². The van der Waals surface area contributed by atoms with E-state index in [2.05, 4.69) is 15.3 Å². The van der Waals surface area contributed by atoms with Crippen LogP contribution in [0.15, 0.2) is 78.0 Å². The third-order valence-electron chi connectivity index (χ3n) is 4.45. The first-order valence-corrected chi connectivity index (χ1v) is 11.0. The van der Waals surface area contributed by atoms with Crippen LogP contribution in [0.5, 0.6) is 0 Å². The van der Waals surface area contributed by atoms with Crippen LogP contribution in [-0.2, 0) is 6.54 Å². The molecule has 0 aliphatic heterocycles. The van der Waals surface area contributed by atoms with E-state index < -0.39 is 0 Å². The normalized spacial score (nSPS) is 10.9. The van der Waals surface area contributed by atoms with E-state index >= 15 is 0 Å². The van der Waals surface area contributed by atoms with Gasteiger partial charge in [-0.3, -0.25) is 4.79 Å². The monoisotopic (exact) mass is 453 g/mol. The van der Waals surface area contributed by atoms with E-state index in [4.69, 9.17) is 23.2 Å². The number of rotatable bonds is 7. The van der Waals surface area contributed by atoms with Crippen LogP contribution in [-0.4, -0.2) is 21.5 Å². The van der Waals surface area contributed by atoms with Crippen LogP contribution >= 0.6 is 35.0 Å². The number of anilines is 1. The first-order chi connectivity index (χ1) is 14.6. The van der Waals surface area contributed by atoms with Crippen molar-refractivity contribution in [1.82, 2.24) is 9.97 Å². The Kier molecular flexibility index (Phi) is 6.53. The molecule has 1 N–H and O–H groups in total. The average molecular weight is 454 g/mol. The summed E-state index contributed by atoms with van der Waals surface area (Å²) in [6.07, 6.45) is 0. The van der Waals surface area contributed by atoms with Crippen LogP contribution < -0.4 is 5.32 Å². The number of hydrogen-bond acceptors (Lipinski definition) is 5. The predicted octanol–water partition coefficient (Wildman–Crippen LogP) is 6.52. The maximum absolute atomic E-state index is 12.5. The number of carbonyl (C=O) groups excluding carboxylic acids is 1. The molecule has 1 aromatic heterocycles. The van der Waals surface area contributed by atoms with Gasteiger partial charge >= 0.3 is 0 Å². The van der Waals surface area contributed by atoms with Crippen molar-refractivity contribution in [3.63, 3.8) is 0 Å². The predicted molar refractivity (Wildman–Crippen MR) is 125 cm³/mol. The number of fused-ring (bicyclic) bond motifs is 1. The molecule has 0 amide bonds. The van der Waals surface area contributed by atoms with Crippen LogP contribution in [0, 0.1) is 0 Å². The Labute approximate surface area is 188 Å². The van der Waals surface area contributed by atoms with Crippen molar-refractivity contribution in [2.75, 3.05) is 11.1 Å². The second kappa shape index (κ2) is 9.47. The van der Waals surface area contributed by atoms with E-state index in [0.29, 0.717) is 27.3 Å². The lowest BCUT2D eigenvalue weighted by Crippen LogP contribution is -2.06. The molecule has 4 nitrogen and oxygen atoms in total. The van der Waals surface area contributed by atoms with Crippen molar-refractivity contribution in [3.05, 3.63) is 94.0 Å². The zero-order valence-electron chi connectivity index (χ0n) is 15.8. The Morgan fingerprint density at radius 2 is 1.53 bits per heavy atom. The van der Waals surface area contributed by atoms with Gasteiger partial charge in [0.1, 0.15) is 5.82 Å². The molecule has 0 spiro atoms. The van der Waals surface area contributed by atoms with Gasteiger partial charge in [-0.1, -0.05) is 59.2 Å². The minimum atomic E-state index is 0.00380. The number of nitrogens with zero attached hydrogens (tertiary/aromatic N) is 2. The summed E-state index contributed by atoms with van der Waals surface area (Å²) in [6, 6.07) is 22.4. The van der Waals surface area contributed by atoms with Gasteiger partial charge in [0.05, 0.1) is 11.3 Å². The molecule has 4 aromatic rings. The number of benzene rings is 3. The van der Waals surface area contributed by atoms with Gasteiger partial charge in [0.15, 0.2) is 10.9 Å². The van der Waals surface area contributed by atoms with E-state index in [1.54, 1.807) is 24.3 Å². The number of halogens is 2. The van der Waals surface area contributed by atoms with E-state index in [-0.39, 0.29) is 11.5 Å². The summed E-state index contributed by atoms with van der Waals surface area (Å²) in [5, 5.41) is 6.17. The molecule has 0 saturated heterocycles. The van der Waals surface area contributed by atoms with Crippen molar-refractivity contribution in [2.45, 2.75) is 11.7 Å². The molecule has 3 aromatic carbocycles. The van der Waals surface area contributed by atoms with Crippen LogP contribution in [0.2, 0.25) is 10.0 Å². The maximum Gasteiger partial charge on any atom is 0.190 e. The van der Waals surface area contributed by atoms with Crippen molar-refractivity contribution in [2.24, 2.45) is 0 Å². The highest BCUT2D eigenvalue weighted by Gasteiger charge is 2.11. The number of para-hydroxylation sites is 1. The molecule has 4 rings (SSSR count). The second-order valence-electron chi connectivity index (χ2n) is 6.57. The summed E-state index contributed by atoms with van der Waals surface area (Å²) in [5.41, 5.74) is 2.54. The minimum absolute atomic E-state index is 0.00380. The molecule has 7 heteroatoms. The fraction of sp³-hybridized carbons (Fsp3) is 0.0870. The zero-order chi connectivity index (χ0) is 20.9. The van der Waals surface area contributed by atoms with Crippen LogP contribution in [0.4, 0.5) is 5.82 Å². The molecule has 0 aliphatic carbocycles. The summed E-state index contributed by atoms with van der Waals surface area (Å²) in [6.45, 7) is 0.603. The molecular formula is C23H17Cl2N3OS. The average Bonchev–Trinajstić information content (AvgIpc) is 2.77. The van der Waals surface area contributed by atoms with E-state index in [1.165, 1.54) is 11.8 Å². The fourth-order valence-corrected chi connectivity index (χ4v) is 3.89. The van der Waals surface area contributed by atoms with Gasteiger partial charge in [-0.05, 0) is 54.1 Å². The third kappa shape index (κ3) is 5.11. The standard InChI is InChI=1S/C23H17Cl2N3OS/c24-17-9-5-15(6-10-17)13-26-22-19-3-1-2-4-20(19)27-23(28-22)30-14-21(29)16-7-11-18(25)12-8-16/h1-12H,13-14H2,(H,26,27,28). The van der Waals surface area contributed by atoms with Gasteiger partial charge in [0.2, 0.25) is 0 Å². The number of Topliss-reactive ketones (excluding diaryl/α,β-unsaturated/α-hetero) is 1. The van der Waals surface area contributed by atoms with Gasteiger partial charge in [-0.15, -0.1) is 0 Å². The third-order valence-corrected chi connectivity index (χ3v) is 5.81. The van der Waals surface area contributed by atoms with E-state index in [0.717, 1.165) is 22.3 Å². The number of carbonyl (C=O) groups is 1. The fourth-order valence-electron chi connectivity index (χ4n) is 2.89. The number of hydrogen-bond donors (Lipinski definition) is 1. The van der Waals surface area contributed by atoms with Gasteiger partial charge in [-0.2, -0.15) is 0 Å². The number of thioether (sulfide) groups is 1. The molecular weight excluding hydrogens is 437 g/mol. The van der Waals surface area contributed by atoms with Crippen molar-refractivity contribution in [1.29, 1.82) is 0 Å². The van der Waals surface area contributed by atoms with Crippen molar-refractivity contribution < 1.29 is 4.79 Å². The highest BCUT2D eigenvalue weighted by molar-refractivity contribution is 7.99. The topological polar surface area (TPSA) is 54.9 Å². The molecule has 30 heavy (non-hydrogen) atoms. The summed E-state index contributed by atoms with van der Waals surface area (Å²) in [5.74, 6) is 0.984. The summed E-state index contributed by atoms with van der Waals surface area (Å²) < 4.78 is 0. The summed E-state index contributed by atoms with van der Waals surface area (Å²) >= 11 is 13.2. The van der Waals surface area contributed by atoms with Gasteiger partial charge in [0, 0.05) is 27.5 Å². The molecule has 0 bridgehead atoms. The summed E-state index contributed by atoms with van der Waals surface area (Å²) in [4.78, 5) is 21.7. The molecule has 0 aliphatic rings. The maximum atomic E-state index is 12.5. The molecule has 0 unspecified atom stereocenters. The van der Waals surface area contributed by atoms with Crippen molar-refractivity contribution >= 4 is 57.5 Å². The molecule has 1 heterocycles. The Bertz CT molecular complexity index is 1180. The van der Waals surface area contributed by atoms with E-state index in [1.807, 2.05) is 48.5 Å². The Morgan fingerprint density at radius 1 is 0.867 bits per heavy atom. The molecule has 0 saturated carbocycles. The quantitative estimate of drug-likeness (QED) is 0.196. The molecule has 0 atom stereocenters. The van der Waals surface area contributed by atoms with Crippen LogP contribution in [0.3, 0.4) is 0 Å². The minimum Gasteiger partial charge on any atom is -0.365 e.